The van der Waals surface area contributed by atoms with Gasteiger partial charge in [0.25, 0.3) is 5.91 Å². The number of aryl methyl sites for hydroxylation is 4. The van der Waals surface area contributed by atoms with Gasteiger partial charge < -0.3 is 14.5 Å². The zero-order valence-corrected chi connectivity index (χ0v) is 16.1. The molecule has 8 heteroatoms. The summed E-state index contributed by atoms with van der Waals surface area (Å²) in [7, 11) is 1.87. The molecule has 0 aliphatic carbocycles. The Morgan fingerprint density at radius 3 is 2.23 bits per heavy atom. The Bertz CT molecular complexity index is 788. The zero-order valence-electron chi connectivity index (χ0n) is 16.1. The van der Waals surface area contributed by atoms with E-state index in [1.54, 1.807) is 4.68 Å². The minimum Gasteiger partial charge on any atom is -0.480 e. The number of aromatic nitrogens is 4. The van der Waals surface area contributed by atoms with Crippen molar-refractivity contribution in [2.45, 2.75) is 27.7 Å². The molecule has 0 spiro atoms. The fourth-order valence-corrected chi connectivity index (χ4v) is 3.19. The molecule has 0 bridgehead atoms. The predicted molar refractivity (Wildman–Crippen MR) is 98.5 cm³/mol. The second-order valence-corrected chi connectivity index (χ2v) is 6.73. The Morgan fingerprint density at radius 2 is 1.69 bits per heavy atom. The van der Waals surface area contributed by atoms with Crippen molar-refractivity contribution in [2.75, 3.05) is 37.7 Å². The quantitative estimate of drug-likeness (QED) is 0.817. The van der Waals surface area contributed by atoms with Gasteiger partial charge >= 0.3 is 0 Å². The fraction of sp³-hybridized carbons (Fsp3) is 0.556. The molecule has 0 N–H and O–H groups in total. The number of hydrogen-bond acceptors (Lipinski definition) is 6. The van der Waals surface area contributed by atoms with Crippen LogP contribution in [0.2, 0.25) is 0 Å². The van der Waals surface area contributed by atoms with Crippen LogP contribution in [0.25, 0.3) is 0 Å². The molecular weight excluding hydrogens is 332 g/mol. The largest absolute Gasteiger partial charge is 0.480 e. The second kappa shape index (κ2) is 7.31. The van der Waals surface area contributed by atoms with E-state index < -0.39 is 0 Å². The smallest absolute Gasteiger partial charge is 0.260 e. The van der Waals surface area contributed by atoms with Crippen molar-refractivity contribution < 1.29 is 9.53 Å². The summed E-state index contributed by atoms with van der Waals surface area (Å²) in [5.74, 6) is 1.43. The van der Waals surface area contributed by atoms with Gasteiger partial charge in [-0.15, -0.1) is 0 Å². The van der Waals surface area contributed by atoms with Crippen LogP contribution in [0.1, 0.15) is 22.8 Å². The topological polar surface area (TPSA) is 76.4 Å². The second-order valence-electron chi connectivity index (χ2n) is 6.73. The summed E-state index contributed by atoms with van der Waals surface area (Å²) < 4.78 is 7.50. The molecule has 140 valence electrons. The van der Waals surface area contributed by atoms with Crippen LogP contribution in [0.5, 0.6) is 5.75 Å². The monoisotopic (exact) mass is 358 g/mol. The lowest BCUT2D eigenvalue weighted by Crippen LogP contribution is -2.50. The van der Waals surface area contributed by atoms with Gasteiger partial charge in [0.1, 0.15) is 5.69 Å². The Morgan fingerprint density at radius 1 is 1.08 bits per heavy atom. The summed E-state index contributed by atoms with van der Waals surface area (Å²) in [6, 6.07) is 1.96. The van der Waals surface area contributed by atoms with Crippen molar-refractivity contribution in [2.24, 2.45) is 7.05 Å². The van der Waals surface area contributed by atoms with Crippen molar-refractivity contribution in [1.82, 2.24) is 24.6 Å². The molecule has 2 aromatic heterocycles. The molecule has 8 nitrogen and oxygen atoms in total. The molecule has 26 heavy (non-hydrogen) atoms. The van der Waals surface area contributed by atoms with Gasteiger partial charge in [-0.2, -0.15) is 5.10 Å². The standard InChI is InChI=1S/C18H26N6O2/c1-12-10-13(2)20-18(19-12)24-8-6-23(7-9-24)16(25)11-26-17-14(3)21-22(5)15(17)4/h10H,6-9,11H2,1-5H3. The highest BCUT2D eigenvalue weighted by Crippen LogP contribution is 2.21. The summed E-state index contributed by atoms with van der Waals surface area (Å²) in [4.78, 5) is 25.4. The van der Waals surface area contributed by atoms with E-state index in [1.165, 1.54) is 0 Å². The lowest BCUT2D eigenvalue weighted by Gasteiger charge is -2.34. The van der Waals surface area contributed by atoms with Crippen molar-refractivity contribution >= 4 is 11.9 Å². The Labute approximate surface area is 153 Å². The minimum atomic E-state index is -0.00588. The number of amides is 1. The first-order valence-corrected chi connectivity index (χ1v) is 8.83. The number of hydrogen-bond donors (Lipinski definition) is 0. The predicted octanol–water partition coefficient (Wildman–Crippen LogP) is 1.17. The van der Waals surface area contributed by atoms with Crippen molar-refractivity contribution in [3.8, 4) is 5.75 Å². The summed E-state index contributed by atoms with van der Waals surface area (Å²) >= 11 is 0. The number of ether oxygens (including phenoxy) is 1. The minimum absolute atomic E-state index is 0.00588. The third kappa shape index (κ3) is 3.79. The van der Waals surface area contributed by atoms with Crippen molar-refractivity contribution in [3.05, 3.63) is 28.8 Å². The molecule has 0 unspecified atom stereocenters. The van der Waals surface area contributed by atoms with Gasteiger partial charge in [0.05, 0.1) is 5.69 Å². The van der Waals surface area contributed by atoms with Gasteiger partial charge in [-0.05, 0) is 33.8 Å². The number of nitrogens with zero attached hydrogens (tertiary/aromatic N) is 6. The van der Waals surface area contributed by atoms with E-state index in [2.05, 4.69) is 20.0 Å². The van der Waals surface area contributed by atoms with E-state index in [1.807, 2.05) is 45.7 Å². The molecule has 0 atom stereocenters. The maximum absolute atomic E-state index is 12.5. The lowest BCUT2D eigenvalue weighted by atomic mass is 10.3. The maximum atomic E-state index is 12.5. The van der Waals surface area contributed by atoms with Gasteiger partial charge in [0.15, 0.2) is 12.4 Å². The Hall–Kier alpha value is -2.64. The first-order chi connectivity index (χ1) is 12.3. The molecule has 1 saturated heterocycles. The lowest BCUT2D eigenvalue weighted by molar-refractivity contribution is -0.133. The van der Waals surface area contributed by atoms with Crippen LogP contribution in [0, 0.1) is 27.7 Å². The summed E-state index contributed by atoms with van der Waals surface area (Å²) in [6.45, 7) is 10.5. The number of carbonyl (C=O) groups excluding carboxylic acids is 1. The normalized spacial score (nSPS) is 14.7. The first kappa shape index (κ1) is 18.2. The molecule has 1 amide bonds. The van der Waals surface area contributed by atoms with Gasteiger partial charge in [0.2, 0.25) is 5.95 Å². The third-order valence-corrected chi connectivity index (χ3v) is 4.67. The molecular formula is C18H26N6O2. The molecule has 3 heterocycles. The number of anilines is 1. The molecule has 0 saturated carbocycles. The SMILES string of the molecule is Cc1cc(C)nc(N2CCN(C(=O)COc3c(C)nn(C)c3C)CC2)n1. The zero-order chi connectivity index (χ0) is 18.8. The van der Waals surface area contributed by atoms with Crippen LogP contribution in [0.4, 0.5) is 5.95 Å². The fourth-order valence-electron chi connectivity index (χ4n) is 3.19. The van der Waals surface area contributed by atoms with E-state index in [4.69, 9.17) is 4.74 Å². The first-order valence-electron chi connectivity index (χ1n) is 8.83. The van der Waals surface area contributed by atoms with Crippen molar-refractivity contribution in [1.29, 1.82) is 0 Å². The molecule has 3 rings (SSSR count). The maximum Gasteiger partial charge on any atom is 0.260 e. The van der Waals surface area contributed by atoms with E-state index in [9.17, 15) is 4.79 Å². The third-order valence-electron chi connectivity index (χ3n) is 4.67. The molecule has 1 aliphatic heterocycles. The highest BCUT2D eigenvalue weighted by Gasteiger charge is 2.23. The van der Waals surface area contributed by atoms with Crippen LogP contribution in [0.3, 0.4) is 0 Å². The van der Waals surface area contributed by atoms with Gasteiger partial charge in [-0.1, -0.05) is 0 Å². The Kier molecular flexibility index (Phi) is 5.11. The number of carbonyl (C=O) groups is 1. The van der Waals surface area contributed by atoms with Crippen LogP contribution in [0.15, 0.2) is 6.07 Å². The van der Waals surface area contributed by atoms with E-state index in [0.29, 0.717) is 18.8 Å². The number of piperazine rings is 1. The van der Waals surface area contributed by atoms with Gasteiger partial charge in [0, 0.05) is 44.6 Å². The van der Waals surface area contributed by atoms with Crippen LogP contribution in [-0.4, -0.2) is 63.3 Å². The number of rotatable bonds is 4. The molecule has 2 aromatic rings. The van der Waals surface area contributed by atoms with Crippen molar-refractivity contribution in [3.63, 3.8) is 0 Å². The summed E-state index contributed by atoms with van der Waals surface area (Å²) in [5.41, 5.74) is 3.64. The van der Waals surface area contributed by atoms with Crippen LogP contribution < -0.4 is 9.64 Å². The van der Waals surface area contributed by atoms with Gasteiger partial charge in [-0.25, -0.2) is 9.97 Å². The highest BCUT2D eigenvalue weighted by atomic mass is 16.5. The van der Waals surface area contributed by atoms with Crippen LogP contribution >= 0.6 is 0 Å². The molecule has 0 aromatic carbocycles. The molecule has 0 radical (unpaired) electrons. The molecule has 1 aliphatic rings. The van der Waals surface area contributed by atoms with E-state index >= 15 is 0 Å². The summed E-state index contributed by atoms with van der Waals surface area (Å²) in [5, 5.41) is 4.30. The van der Waals surface area contributed by atoms with E-state index in [-0.39, 0.29) is 12.5 Å². The van der Waals surface area contributed by atoms with Crippen LogP contribution in [-0.2, 0) is 11.8 Å². The van der Waals surface area contributed by atoms with Gasteiger partial charge in [-0.3, -0.25) is 9.48 Å². The molecule has 1 fully saturated rings. The average molecular weight is 358 g/mol. The van der Waals surface area contributed by atoms with E-state index in [0.717, 1.165) is 41.8 Å². The highest BCUT2D eigenvalue weighted by molar-refractivity contribution is 5.78. The average Bonchev–Trinajstić information content (AvgIpc) is 2.84. The summed E-state index contributed by atoms with van der Waals surface area (Å²) in [6.07, 6.45) is 0. The Balaban J connectivity index is 1.55.